The number of rotatable bonds is 4. The molecule has 19 heavy (non-hydrogen) atoms. The van der Waals surface area contributed by atoms with E-state index in [0.717, 1.165) is 23.5 Å². The fourth-order valence-electron chi connectivity index (χ4n) is 1.77. The minimum absolute atomic E-state index is 0.143. The van der Waals surface area contributed by atoms with Crippen LogP contribution in [0.25, 0.3) is 0 Å². The van der Waals surface area contributed by atoms with Crippen molar-refractivity contribution >= 4 is 28.6 Å². The first-order valence-electron chi connectivity index (χ1n) is 6.24. The number of aromatic nitrogens is 1. The van der Waals surface area contributed by atoms with E-state index in [0.29, 0.717) is 16.3 Å². The van der Waals surface area contributed by atoms with E-state index in [-0.39, 0.29) is 5.91 Å². The molecule has 1 heterocycles. The van der Waals surface area contributed by atoms with Crippen molar-refractivity contribution in [2.75, 3.05) is 11.1 Å². The van der Waals surface area contributed by atoms with Crippen LogP contribution >= 0.6 is 11.3 Å². The Hall–Kier alpha value is -1.88. The highest BCUT2D eigenvalue weighted by Gasteiger charge is 2.15. The number of benzene rings is 1. The first-order chi connectivity index (χ1) is 9.11. The average Bonchev–Trinajstić information content (AvgIpc) is 2.74. The van der Waals surface area contributed by atoms with Crippen LogP contribution in [0.3, 0.4) is 0 Å². The van der Waals surface area contributed by atoms with Crippen molar-refractivity contribution in [1.82, 2.24) is 4.98 Å². The van der Waals surface area contributed by atoms with Crippen molar-refractivity contribution in [3.05, 3.63) is 39.8 Å². The fourth-order valence-corrected chi connectivity index (χ4v) is 2.84. The van der Waals surface area contributed by atoms with E-state index >= 15 is 0 Å². The van der Waals surface area contributed by atoms with Gasteiger partial charge < -0.3 is 11.1 Å². The molecule has 100 valence electrons. The first kappa shape index (κ1) is 13.5. The Balaban J connectivity index is 2.18. The van der Waals surface area contributed by atoms with Crippen LogP contribution in [-0.4, -0.2) is 10.9 Å². The molecule has 0 saturated heterocycles. The summed E-state index contributed by atoms with van der Waals surface area (Å²) >= 11 is 1.45. The molecule has 0 aliphatic rings. The van der Waals surface area contributed by atoms with Gasteiger partial charge in [-0.3, -0.25) is 4.79 Å². The van der Waals surface area contributed by atoms with Crippen LogP contribution in [0, 0.1) is 6.92 Å². The van der Waals surface area contributed by atoms with Crippen LogP contribution in [0.4, 0.5) is 11.4 Å². The standard InChI is InChI=1S/C14H17N3OS/c1-3-6-12-16-9(2)13(19-12)14(18)17-11-8-5-4-7-10(11)15/h4-5,7-8H,3,6,15H2,1-2H3,(H,17,18). The van der Waals surface area contributed by atoms with Crippen molar-refractivity contribution in [1.29, 1.82) is 0 Å². The van der Waals surface area contributed by atoms with Gasteiger partial charge in [0, 0.05) is 0 Å². The van der Waals surface area contributed by atoms with Gasteiger partial charge in [-0.15, -0.1) is 11.3 Å². The monoisotopic (exact) mass is 275 g/mol. The third-order valence-electron chi connectivity index (χ3n) is 2.72. The molecule has 2 aromatic rings. The highest BCUT2D eigenvalue weighted by atomic mass is 32.1. The highest BCUT2D eigenvalue weighted by Crippen LogP contribution is 2.23. The number of nitrogens with one attached hydrogen (secondary N) is 1. The average molecular weight is 275 g/mol. The van der Waals surface area contributed by atoms with Gasteiger partial charge in [-0.2, -0.15) is 0 Å². The minimum atomic E-state index is -0.143. The zero-order valence-electron chi connectivity index (χ0n) is 11.1. The number of nitrogens with two attached hydrogens (primary N) is 1. The lowest BCUT2D eigenvalue weighted by Crippen LogP contribution is -2.12. The summed E-state index contributed by atoms with van der Waals surface area (Å²) in [6, 6.07) is 7.23. The van der Waals surface area contributed by atoms with E-state index in [9.17, 15) is 4.79 Å². The van der Waals surface area contributed by atoms with Crippen molar-refractivity contribution in [3.8, 4) is 0 Å². The quantitative estimate of drug-likeness (QED) is 0.842. The molecule has 1 amide bonds. The Morgan fingerprint density at radius 1 is 1.42 bits per heavy atom. The van der Waals surface area contributed by atoms with Crippen molar-refractivity contribution < 1.29 is 4.79 Å². The summed E-state index contributed by atoms with van der Waals surface area (Å²) in [5.74, 6) is -0.143. The van der Waals surface area contributed by atoms with E-state index in [2.05, 4.69) is 17.2 Å². The predicted molar refractivity (Wildman–Crippen MR) is 79.7 cm³/mol. The Kier molecular flexibility index (Phi) is 4.16. The van der Waals surface area contributed by atoms with E-state index in [1.807, 2.05) is 19.1 Å². The molecule has 0 unspecified atom stereocenters. The van der Waals surface area contributed by atoms with Gasteiger partial charge in [0.15, 0.2) is 0 Å². The van der Waals surface area contributed by atoms with Crippen LogP contribution in [0.1, 0.15) is 33.7 Å². The molecular weight excluding hydrogens is 258 g/mol. The van der Waals surface area contributed by atoms with Gasteiger partial charge in [0.05, 0.1) is 22.1 Å². The number of nitrogen functional groups attached to an aromatic ring is 1. The second-order valence-electron chi connectivity index (χ2n) is 4.31. The Bertz CT molecular complexity index is 592. The number of nitrogens with zero attached hydrogens (tertiary/aromatic N) is 1. The normalized spacial score (nSPS) is 10.4. The van der Waals surface area contributed by atoms with Gasteiger partial charge in [-0.05, 0) is 31.9 Å². The number of thiazole rings is 1. The summed E-state index contributed by atoms with van der Waals surface area (Å²) in [5, 5.41) is 3.83. The molecule has 0 fully saturated rings. The number of carbonyl (C=O) groups is 1. The number of hydrogen-bond acceptors (Lipinski definition) is 4. The van der Waals surface area contributed by atoms with E-state index in [4.69, 9.17) is 5.73 Å². The number of anilines is 2. The van der Waals surface area contributed by atoms with E-state index in [1.165, 1.54) is 11.3 Å². The molecule has 0 radical (unpaired) electrons. The summed E-state index contributed by atoms with van der Waals surface area (Å²) in [7, 11) is 0. The topological polar surface area (TPSA) is 68.0 Å². The third-order valence-corrected chi connectivity index (χ3v) is 3.94. The number of para-hydroxylation sites is 2. The summed E-state index contributed by atoms with van der Waals surface area (Å²) in [5.41, 5.74) is 7.79. The van der Waals surface area contributed by atoms with Crippen LogP contribution in [0.2, 0.25) is 0 Å². The molecular formula is C14H17N3OS. The zero-order chi connectivity index (χ0) is 13.8. The molecule has 0 aliphatic heterocycles. The summed E-state index contributed by atoms with van der Waals surface area (Å²) < 4.78 is 0. The van der Waals surface area contributed by atoms with E-state index < -0.39 is 0 Å². The summed E-state index contributed by atoms with van der Waals surface area (Å²) in [4.78, 5) is 17.3. The lowest BCUT2D eigenvalue weighted by Gasteiger charge is -2.06. The predicted octanol–water partition coefficient (Wildman–Crippen LogP) is 3.24. The molecule has 0 atom stereocenters. The zero-order valence-corrected chi connectivity index (χ0v) is 11.9. The van der Waals surface area contributed by atoms with Crippen LogP contribution < -0.4 is 11.1 Å². The molecule has 0 aliphatic carbocycles. The molecule has 5 heteroatoms. The van der Waals surface area contributed by atoms with Gasteiger partial charge in [-0.25, -0.2) is 4.98 Å². The Morgan fingerprint density at radius 3 is 2.84 bits per heavy atom. The SMILES string of the molecule is CCCc1nc(C)c(C(=O)Nc2ccccc2N)s1. The number of amides is 1. The molecule has 3 N–H and O–H groups in total. The molecule has 0 bridgehead atoms. The summed E-state index contributed by atoms with van der Waals surface area (Å²) in [6.07, 6.45) is 1.94. The van der Waals surface area contributed by atoms with Gasteiger partial charge >= 0.3 is 0 Å². The third kappa shape index (κ3) is 3.12. The van der Waals surface area contributed by atoms with Gasteiger partial charge in [0.2, 0.25) is 0 Å². The maximum Gasteiger partial charge on any atom is 0.267 e. The molecule has 0 spiro atoms. The molecule has 2 rings (SSSR count). The Morgan fingerprint density at radius 2 is 2.16 bits per heavy atom. The lowest BCUT2D eigenvalue weighted by molar-refractivity contribution is 0.103. The number of hydrogen-bond donors (Lipinski definition) is 2. The molecule has 1 aromatic carbocycles. The van der Waals surface area contributed by atoms with Gasteiger partial charge in [-0.1, -0.05) is 19.1 Å². The smallest absolute Gasteiger partial charge is 0.267 e. The second kappa shape index (κ2) is 5.84. The van der Waals surface area contributed by atoms with Crippen molar-refractivity contribution in [2.45, 2.75) is 26.7 Å². The fraction of sp³-hybridized carbons (Fsp3) is 0.286. The van der Waals surface area contributed by atoms with Crippen LogP contribution in [0.5, 0.6) is 0 Å². The van der Waals surface area contributed by atoms with Gasteiger partial charge in [0.25, 0.3) is 5.91 Å². The van der Waals surface area contributed by atoms with Crippen molar-refractivity contribution in [3.63, 3.8) is 0 Å². The first-order valence-corrected chi connectivity index (χ1v) is 7.05. The van der Waals surface area contributed by atoms with Gasteiger partial charge in [0.1, 0.15) is 4.88 Å². The minimum Gasteiger partial charge on any atom is -0.397 e. The van der Waals surface area contributed by atoms with Crippen molar-refractivity contribution in [2.24, 2.45) is 0 Å². The summed E-state index contributed by atoms with van der Waals surface area (Å²) in [6.45, 7) is 3.96. The lowest BCUT2D eigenvalue weighted by atomic mass is 10.2. The van der Waals surface area contributed by atoms with Crippen LogP contribution in [-0.2, 0) is 6.42 Å². The van der Waals surface area contributed by atoms with E-state index in [1.54, 1.807) is 12.1 Å². The second-order valence-corrected chi connectivity index (χ2v) is 5.40. The van der Waals surface area contributed by atoms with Crippen LogP contribution in [0.15, 0.2) is 24.3 Å². The Labute approximate surface area is 116 Å². The highest BCUT2D eigenvalue weighted by molar-refractivity contribution is 7.13. The molecule has 4 nitrogen and oxygen atoms in total. The molecule has 0 saturated carbocycles. The largest absolute Gasteiger partial charge is 0.397 e. The number of aryl methyl sites for hydroxylation is 2. The molecule has 1 aromatic heterocycles. The number of carbonyl (C=O) groups excluding carboxylic acids is 1. The maximum absolute atomic E-state index is 12.2. The maximum atomic E-state index is 12.2.